The first kappa shape index (κ1) is 12.7. The van der Waals surface area contributed by atoms with Crippen LogP contribution in [0, 0.1) is 6.92 Å². The van der Waals surface area contributed by atoms with Crippen molar-refractivity contribution in [3.05, 3.63) is 52.9 Å². The molecule has 4 heteroatoms. The van der Waals surface area contributed by atoms with Gasteiger partial charge in [0.05, 0.1) is 11.8 Å². The van der Waals surface area contributed by atoms with E-state index in [1.54, 1.807) is 11.0 Å². The second-order valence-corrected chi connectivity index (χ2v) is 4.34. The Morgan fingerprint density at radius 2 is 2.17 bits per heavy atom. The molecule has 0 bridgehead atoms. The van der Waals surface area contributed by atoms with Crippen molar-refractivity contribution in [2.45, 2.75) is 13.8 Å². The van der Waals surface area contributed by atoms with Crippen molar-refractivity contribution in [2.24, 2.45) is 0 Å². The minimum Gasteiger partial charge on any atom is -0.452 e. The predicted molar refractivity (Wildman–Crippen MR) is 72.2 cm³/mol. The maximum absolute atomic E-state index is 12.4. The van der Waals surface area contributed by atoms with E-state index in [9.17, 15) is 4.79 Å². The van der Waals surface area contributed by atoms with E-state index in [1.807, 2.05) is 38.1 Å². The SMILES string of the molecule is CCN(C(=O)c1ccoc1Cl)c1cccc(C)c1. The molecule has 0 aliphatic rings. The van der Waals surface area contributed by atoms with Crippen LogP contribution in [0.2, 0.25) is 5.22 Å². The second-order valence-electron chi connectivity index (χ2n) is 4.00. The summed E-state index contributed by atoms with van der Waals surface area (Å²) >= 11 is 5.84. The highest BCUT2D eigenvalue weighted by Gasteiger charge is 2.20. The van der Waals surface area contributed by atoms with Gasteiger partial charge in [-0.1, -0.05) is 12.1 Å². The van der Waals surface area contributed by atoms with E-state index in [0.29, 0.717) is 12.1 Å². The number of carbonyl (C=O) groups excluding carboxylic acids is 1. The standard InChI is InChI=1S/C14H14ClNO2/c1-3-16(11-6-4-5-10(2)9-11)14(17)12-7-8-18-13(12)15/h4-9H,3H2,1-2H3. The minimum atomic E-state index is -0.151. The molecule has 0 unspecified atom stereocenters. The van der Waals surface area contributed by atoms with Gasteiger partial charge in [-0.2, -0.15) is 0 Å². The first-order valence-electron chi connectivity index (χ1n) is 5.75. The van der Waals surface area contributed by atoms with E-state index < -0.39 is 0 Å². The smallest absolute Gasteiger partial charge is 0.263 e. The Morgan fingerprint density at radius 1 is 1.39 bits per heavy atom. The monoisotopic (exact) mass is 263 g/mol. The Morgan fingerprint density at radius 3 is 2.72 bits per heavy atom. The topological polar surface area (TPSA) is 33.5 Å². The van der Waals surface area contributed by atoms with Gasteiger partial charge in [0.15, 0.2) is 0 Å². The number of furan rings is 1. The van der Waals surface area contributed by atoms with Crippen LogP contribution >= 0.6 is 11.6 Å². The summed E-state index contributed by atoms with van der Waals surface area (Å²) in [7, 11) is 0. The van der Waals surface area contributed by atoms with Crippen LogP contribution < -0.4 is 4.90 Å². The molecule has 1 aromatic carbocycles. The first-order chi connectivity index (χ1) is 8.63. The molecule has 0 atom stereocenters. The van der Waals surface area contributed by atoms with Crippen molar-refractivity contribution in [3.8, 4) is 0 Å². The van der Waals surface area contributed by atoms with Gasteiger partial charge in [-0.25, -0.2) is 0 Å². The van der Waals surface area contributed by atoms with Gasteiger partial charge >= 0.3 is 0 Å². The lowest BCUT2D eigenvalue weighted by Crippen LogP contribution is -2.30. The Balaban J connectivity index is 2.35. The van der Waals surface area contributed by atoms with Crippen molar-refractivity contribution in [1.29, 1.82) is 0 Å². The summed E-state index contributed by atoms with van der Waals surface area (Å²) in [4.78, 5) is 14.0. The predicted octanol–water partition coefficient (Wildman–Crippen LogP) is 3.91. The highest BCUT2D eigenvalue weighted by Crippen LogP contribution is 2.23. The molecule has 0 N–H and O–H groups in total. The zero-order valence-corrected chi connectivity index (χ0v) is 11.1. The molecule has 0 aliphatic carbocycles. The highest BCUT2D eigenvalue weighted by atomic mass is 35.5. The van der Waals surface area contributed by atoms with Gasteiger partial charge in [-0.15, -0.1) is 0 Å². The fraction of sp³-hybridized carbons (Fsp3) is 0.214. The lowest BCUT2D eigenvalue weighted by atomic mass is 10.2. The van der Waals surface area contributed by atoms with Crippen LogP contribution in [0.4, 0.5) is 5.69 Å². The van der Waals surface area contributed by atoms with Crippen molar-refractivity contribution < 1.29 is 9.21 Å². The Bertz CT molecular complexity index is 562. The normalized spacial score (nSPS) is 10.4. The van der Waals surface area contributed by atoms with Gasteiger partial charge in [0.25, 0.3) is 5.91 Å². The summed E-state index contributed by atoms with van der Waals surface area (Å²) in [6.07, 6.45) is 1.42. The summed E-state index contributed by atoms with van der Waals surface area (Å²) in [5, 5.41) is 0.131. The Hall–Kier alpha value is -1.74. The van der Waals surface area contributed by atoms with Gasteiger partial charge < -0.3 is 9.32 Å². The average Bonchev–Trinajstić information content (AvgIpc) is 2.76. The van der Waals surface area contributed by atoms with Crippen LogP contribution in [0.15, 0.2) is 41.0 Å². The van der Waals surface area contributed by atoms with Gasteiger partial charge in [0, 0.05) is 12.2 Å². The molecule has 0 fully saturated rings. The fourth-order valence-corrected chi connectivity index (χ4v) is 2.03. The number of hydrogen-bond donors (Lipinski definition) is 0. The summed E-state index contributed by atoms with van der Waals surface area (Å²) in [6.45, 7) is 4.49. The molecule has 0 saturated heterocycles. The molecule has 1 heterocycles. The van der Waals surface area contributed by atoms with Crippen molar-refractivity contribution in [1.82, 2.24) is 0 Å². The third kappa shape index (κ3) is 2.41. The number of halogens is 1. The number of benzene rings is 1. The fourth-order valence-electron chi connectivity index (χ4n) is 1.83. The van der Waals surface area contributed by atoms with E-state index in [-0.39, 0.29) is 11.1 Å². The maximum Gasteiger partial charge on any atom is 0.263 e. The van der Waals surface area contributed by atoms with E-state index in [0.717, 1.165) is 11.3 Å². The molecule has 94 valence electrons. The number of carbonyl (C=O) groups is 1. The zero-order chi connectivity index (χ0) is 13.1. The zero-order valence-electron chi connectivity index (χ0n) is 10.3. The molecule has 0 spiro atoms. The van der Waals surface area contributed by atoms with E-state index in [1.165, 1.54) is 6.26 Å². The second kappa shape index (κ2) is 5.27. The van der Waals surface area contributed by atoms with Crippen LogP contribution in [0.3, 0.4) is 0 Å². The summed E-state index contributed by atoms with van der Waals surface area (Å²) in [5.74, 6) is -0.151. The van der Waals surface area contributed by atoms with Crippen LogP contribution in [0.1, 0.15) is 22.8 Å². The molecule has 1 aromatic heterocycles. The number of anilines is 1. The van der Waals surface area contributed by atoms with E-state index in [2.05, 4.69) is 0 Å². The third-order valence-electron chi connectivity index (χ3n) is 2.72. The van der Waals surface area contributed by atoms with Gasteiger partial charge in [-0.05, 0) is 49.2 Å². The van der Waals surface area contributed by atoms with Gasteiger partial charge in [0.1, 0.15) is 0 Å². The molecule has 2 rings (SSSR count). The summed E-state index contributed by atoms with van der Waals surface area (Å²) in [6, 6.07) is 9.38. The molecular weight excluding hydrogens is 250 g/mol. The highest BCUT2D eigenvalue weighted by molar-refractivity contribution is 6.32. The van der Waals surface area contributed by atoms with Crippen LogP contribution in [-0.4, -0.2) is 12.5 Å². The Kier molecular flexibility index (Phi) is 3.72. The van der Waals surface area contributed by atoms with E-state index >= 15 is 0 Å². The maximum atomic E-state index is 12.4. The van der Waals surface area contributed by atoms with Crippen LogP contribution in [-0.2, 0) is 0 Å². The average molecular weight is 264 g/mol. The molecule has 3 nitrogen and oxygen atoms in total. The minimum absolute atomic E-state index is 0.131. The molecule has 2 aromatic rings. The van der Waals surface area contributed by atoms with Crippen molar-refractivity contribution in [2.75, 3.05) is 11.4 Å². The first-order valence-corrected chi connectivity index (χ1v) is 6.12. The lowest BCUT2D eigenvalue weighted by molar-refractivity contribution is 0.0988. The molecule has 1 amide bonds. The van der Waals surface area contributed by atoms with Crippen molar-refractivity contribution >= 4 is 23.2 Å². The number of aryl methyl sites for hydroxylation is 1. The number of nitrogens with zero attached hydrogens (tertiary/aromatic N) is 1. The largest absolute Gasteiger partial charge is 0.452 e. The van der Waals surface area contributed by atoms with Crippen LogP contribution in [0.5, 0.6) is 0 Å². The Labute approximate surface area is 111 Å². The molecule has 0 saturated carbocycles. The number of hydrogen-bond acceptors (Lipinski definition) is 2. The number of rotatable bonds is 3. The van der Waals surface area contributed by atoms with E-state index in [4.69, 9.17) is 16.0 Å². The summed E-state index contributed by atoms with van der Waals surface area (Å²) < 4.78 is 4.96. The third-order valence-corrected chi connectivity index (χ3v) is 3.02. The molecule has 0 aliphatic heterocycles. The van der Waals surface area contributed by atoms with Gasteiger partial charge in [-0.3, -0.25) is 4.79 Å². The quantitative estimate of drug-likeness (QED) is 0.841. The number of amides is 1. The summed E-state index contributed by atoms with van der Waals surface area (Å²) in [5.41, 5.74) is 2.36. The molecule has 18 heavy (non-hydrogen) atoms. The van der Waals surface area contributed by atoms with Gasteiger partial charge in [0.2, 0.25) is 5.22 Å². The lowest BCUT2D eigenvalue weighted by Gasteiger charge is -2.20. The van der Waals surface area contributed by atoms with Crippen LogP contribution in [0.25, 0.3) is 0 Å². The van der Waals surface area contributed by atoms with Crippen molar-refractivity contribution in [3.63, 3.8) is 0 Å². The molecule has 0 radical (unpaired) electrons. The molecular formula is C14H14ClNO2.